The number of piperidine rings is 1. The summed E-state index contributed by atoms with van der Waals surface area (Å²) >= 11 is 0. The van der Waals surface area contributed by atoms with E-state index in [1.54, 1.807) is 4.90 Å². The van der Waals surface area contributed by atoms with Gasteiger partial charge in [0.25, 0.3) is 5.91 Å². The molecule has 0 radical (unpaired) electrons. The minimum Gasteiger partial charge on any atom is -0.375 e. The fraction of sp³-hybridized carbons (Fsp3) is 0.812. The highest BCUT2D eigenvalue weighted by Gasteiger charge is 2.48. The number of fused-ring (bicyclic) bond motifs is 1. The monoisotopic (exact) mass is 296 g/mol. The number of alkyl halides is 1. The van der Waals surface area contributed by atoms with Crippen LogP contribution in [0.1, 0.15) is 25.7 Å². The number of halogens is 1. The highest BCUT2D eigenvalue weighted by Crippen LogP contribution is 2.38. The van der Waals surface area contributed by atoms with Gasteiger partial charge >= 0.3 is 0 Å². The van der Waals surface area contributed by atoms with E-state index in [1.807, 2.05) is 6.08 Å². The lowest BCUT2D eigenvalue weighted by Gasteiger charge is -2.42. The van der Waals surface area contributed by atoms with Crippen LogP contribution in [0.3, 0.4) is 0 Å². The predicted molar refractivity (Wildman–Crippen MR) is 78.8 cm³/mol. The van der Waals surface area contributed by atoms with Gasteiger partial charge in [0.05, 0.1) is 12.7 Å². The van der Waals surface area contributed by atoms with Crippen LogP contribution in [0.25, 0.3) is 0 Å². The van der Waals surface area contributed by atoms with Crippen LogP contribution in [0.5, 0.6) is 0 Å². The Labute approximate surface area is 125 Å². The van der Waals surface area contributed by atoms with Crippen molar-refractivity contribution in [2.45, 2.75) is 37.5 Å². The molecule has 4 nitrogen and oxygen atoms in total. The van der Waals surface area contributed by atoms with Gasteiger partial charge in [-0.2, -0.15) is 0 Å². The summed E-state index contributed by atoms with van der Waals surface area (Å²) in [5, 5.41) is 0. The summed E-state index contributed by atoms with van der Waals surface area (Å²) in [6, 6.07) is 0. The lowest BCUT2D eigenvalue weighted by Crippen LogP contribution is -2.56. The van der Waals surface area contributed by atoms with Crippen LogP contribution < -0.4 is 0 Å². The van der Waals surface area contributed by atoms with Crippen LogP contribution in [0.15, 0.2) is 12.7 Å². The van der Waals surface area contributed by atoms with Crippen molar-refractivity contribution in [3.05, 3.63) is 12.7 Å². The van der Waals surface area contributed by atoms with Gasteiger partial charge in [-0.05, 0) is 25.7 Å². The lowest BCUT2D eigenvalue weighted by atomic mass is 9.80. The Morgan fingerprint density at radius 2 is 2.19 bits per heavy atom. The van der Waals surface area contributed by atoms with Crippen LogP contribution in [0, 0.1) is 5.92 Å². The highest BCUT2D eigenvalue weighted by atomic mass is 19.1. The molecule has 21 heavy (non-hydrogen) atoms. The van der Waals surface area contributed by atoms with Crippen molar-refractivity contribution in [3.8, 4) is 0 Å². The zero-order valence-electron chi connectivity index (χ0n) is 12.6. The van der Waals surface area contributed by atoms with E-state index in [0.717, 1.165) is 32.5 Å². The molecule has 3 fully saturated rings. The van der Waals surface area contributed by atoms with Gasteiger partial charge in [-0.25, -0.2) is 4.39 Å². The molecule has 1 amide bonds. The molecule has 2 atom stereocenters. The molecule has 0 bridgehead atoms. The molecular formula is C16H25FN2O2. The van der Waals surface area contributed by atoms with Crippen LogP contribution in [-0.2, 0) is 9.53 Å². The van der Waals surface area contributed by atoms with Crippen molar-refractivity contribution >= 4 is 5.91 Å². The SMILES string of the molecule is C=CCN1CCO[C@@H]2CN(C(=O)C3(F)CCC3)CC[C@@H]2C1. The van der Waals surface area contributed by atoms with Crippen LogP contribution in [0.4, 0.5) is 4.39 Å². The van der Waals surface area contributed by atoms with E-state index in [4.69, 9.17) is 4.74 Å². The second-order valence-corrected chi connectivity index (χ2v) is 6.58. The average Bonchev–Trinajstić information content (AvgIpc) is 2.65. The van der Waals surface area contributed by atoms with Gasteiger partial charge in [0.2, 0.25) is 0 Å². The van der Waals surface area contributed by atoms with Crippen LogP contribution in [-0.4, -0.2) is 66.8 Å². The minimum atomic E-state index is -1.58. The Morgan fingerprint density at radius 1 is 1.38 bits per heavy atom. The molecule has 0 aromatic carbocycles. The summed E-state index contributed by atoms with van der Waals surface area (Å²) in [6.07, 6.45) is 4.49. The van der Waals surface area contributed by atoms with Crippen molar-refractivity contribution in [3.63, 3.8) is 0 Å². The summed E-state index contributed by atoms with van der Waals surface area (Å²) in [5.41, 5.74) is -1.58. The molecule has 118 valence electrons. The van der Waals surface area contributed by atoms with E-state index in [9.17, 15) is 9.18 Å². The zero-order chi connectivity index (χ0) is 14.9. The van der Waals surface area contributed by atoms with Crippen molar-refractivity contribution in [1.82, 2.24) is 9.80 Å². The summed E-state index contributed by atoms with van der Waals surface area (Å²) in [5.74, 6) is 0.136. The maximum absolute atomic E-state index is 14.3. The summed E-state index contributed by atoms with van der Waals surface area (Å²) in [6.45, 7) is 8.45. The molecule has 5 heteroatoms. The molecule has 3 rings (SSSR count). The number of hydrogen-bond donors (Lipinski definition) is 0. The Morgan fingerprint density at radius 3 is 2.86 bits per heavy atom. The summed E-state index contributed by atoms with van der Waals surface area (Å²) in [7, 11) is 0. The van der Waals surface area contributed by atoms with E-state index in [1.165, 1.54) is 0 Å². The molecule has 0 aromatic heterocycles. The average molecular weight is 296 g/mol. The largest absolute Gasteiger partial charge is 0.375 e. The van der Waals surface area contributed by atoms with Crippen molar-refractivity contribution in [1.29, 1.82) is 0 Å². The second kappa shape index (κ2) is 6.05. The molecule has 1 saturated carbocycles. The number of rotatable bonds is 3. The fourth-order valence-corrected chi connectivity index (χ4v) is 3.64. The van der Waals surface area contributed by atoms with E-state index in [0.29, 0.717) is 38.5 Å². The summed E-state index contributed by atoms with van der Waals surface area (Å²) < 4.78 is 20.2. The molecule has 0 N–H and O–H groups in total. The fourth-order valence-electron chi connectivity index (χ4n) is 3.64. The zero-order valence-corrected chi connectivity index (χ0v) is 12.6. The van der Waals surface area contributed by atoms with Gasteiger partial charge in [-0.3, -0.25) is 9.69 Å². The van der Waals surface area contributed by atoms with E-state index >= 15 is 0 Å². The van der Waals surface area contributed by atoms with E-state index < -0.39 is 5.67 Å². The van der Waals surface area contributed by atoms with Gasteiger partial charge in [-0.1, -0.05) is 6.08 Å². The van der Waals surface area contributed by atoms with Crippen LogP contribution in [0.2, 0.25) is 0 Å². The Bertz CT molecular complexity index is 411. The smallest absolute Gasteiger partial charge is 0.260 e. The number of carbonyl (C=O) groups is 1. The first-order valence-corrected chi connectivity index (χ1v) is 8.05. The summed E-state index contributed by atoms with van der Waals surface area (Å²) in [4.78, 5) is 16.3. The number of likely N-dealkylation sites (tertiary alicyclic amines) is 1. The van der Waals surface area contributed by atoms with Crippen molar-refractivity contribution in [2.24, 2.45) is 5.92 Å². The molecular weight excluding hydrogens is 271 g/mol. The molecule has 0 aromatic rings. The Hall–Kier alpha value is -0.940. The molecule has 1 aliphatic carbocycles. The molecule has 2 heterocycles. The topological polar surface area (TPSA) is 32.8 Å². The number of amides is 1. The highest BCUT2D eigenvalue weighted by molar-refractivity contribution is 5.86. The standard InChI is InChI=1S/C16H25FN2O2/c1-2-7-18-9-10-21-14-12-19(8-4-13(14)11-18)15(20)16(17)5-3-6-16/h2,13-14H,1,3-12H2/t13-,14-/m1/s1. The number of ether oxygens (including phenoxy) is 1. The van der Waals surface area contributed by atoms with Gasteiger partial charge in [0.1, 0.15) is 0 Å². The maximum atomic E-state index is 14.3. The van der Waals surface area contributed by atoms with Crippen molar-refractivity contribution in [2.75, 3.05) is 39.3 Å². The Balaban J connectivity index is 1.60. The second-order valence-electron chi connectivity index (χ2n) is 6.58. The molecule has 0 spiro atoms. The van der Waals surface area contributed by atoms with Gasteiger partial charge in [-0.15, -0.1) is 6.58 Å². The van der Waals surface area contributed by atoms with Crippen LogP contribution >= 0.6 is 0 Å². The number of carbonyl (C=O) groups excluding carboxylic acids is 1. The molecule has 3 aliphatic rings. The van der Waals surface area contributed by atoms with Gasteiger partial charge in [0.15, 0.2) is 5.67 Å². The molecule has 2 saturated heterocycles. The molecule has 0 unspecified atom stereocenters. The number of nitrogens with zero attached hydrogens (tertiary/aromatic N) is 2. The van der Waals surface area contributed by atoms with Crippen molar-refractivity contribution < 1.29 is 13.9 Å². The molecule has 2 aliphatic heterocycles. The van der Waals surface area contributed by atoms with Gasteiger partial charge in [0, 0.05) is 38.6 Å². The predicted octanol–water partition coefficient (Wildman–Crippen LogP) is 1.61. The normalized spacial score (nSPS) is 32.7. The quantitative estimate of drug-likeness (QED) is 0.742. The number of hydrogen-bond acceptors (Lipinski definition) is 3. The first kappa shape index (κ1) is 15.0. The first-order valence-electron chi connectivity index (χ1n) is 8.05. The minimum absolute atomic E-state index is 0.0567. The van der Waals surface area contributed by atoms with Gasteiger partial charge < -0.3 is 9.64 Å². The first-order chi connectivity index (χ1) is 10.1. The Kier molecular flexibility index (Phi) is 4.31. The van der Waals surface area contributed by atoms with E-state index in [2.05, 4.69) is 11.5 Å². The lowest BCUT2D eigenvalue weighted by molar-refractivity contribution is -0.155. The maximum Gasteiger partial charge on any atom is 0.260 e. The van der Waals surface area contributed by atoms with E-state index in [-0.39, 0.29) is 12.0 Å². The third kappa shape index (κ3) is 2.99. The third-order valence-corrected chi connectivity index (χ3v) is 5.13. The third-order valence-electron chi connectivity index (χ3n) is 5.13.